The Morgan fingerprint density at radius 2 is 2.19 bits per heavy atom. The molecule has 0 bridgehead atoms. The van der Waals surface area contributed by atoms with Crippen molar-refractivity contribution in [3.63, 3.8) is 0 Å². The third-order valence-corrected chi connectivity index (χ3v) is 3.86. The van der Waals surface area contributed by atoms with Crippen LogP contribution >= 0.6 is 15.9 Å². The molecule has 1 aliphatic carbocycles. The predicted molar refractivity (Wildman–Crippen MR) is 68.8 cm³/mol. The van der Waals surface area contributed by atoms with Gasteiger partial charge in [-0.2, -0.15) is 0 Å². The predicted octanol–water partition coefficient (Wildman–Crippen LogP) is 4.68. The Morgan fingerprint density at radius 3 is 2.81 bits per heavy atom. The highest BCUT2D eigenvalue weighted by molar-refractivity contribution is 9.10. The lowest BCUT2D eigenvalue weighted by atomic mass is 9.93. The summed E-state index contributed by atoms with van der Waals surface area (Å²) in [7, 11) is 0. The second-order valence-corrected chi connectivity index (χ2v) is 5.20. The Bertz CT molecular complexity index is 588. The minimum atomic E-state index is 0.610. The van der Waals surface area contributed by atoms with E-state index in [0.29, 0.717) is 6.04 Å². The van der Waals surface area contributed by atoms with Crippen LogP contribution in [0.15, 0.2) is 28.9 Å². The monoisotopic (exact) mass is 274 g/mol. The van der Waals surface area contributed by atoms with Crippen LogP contribution in [-0.2, 0) is 0 Å². The average molecular weight is 275 g/mol. The first-order valence-corrected chi connectivity index (χ1v) is 6.26. The number of halogens is 1. The lowest BCUT2D eigenvalue weighted by Gasteiger charge is -2.28. The highest BCUT2D eigenvalue weighted by atomic mass is 79.9. The molecule has 0 saturated heterocycles. The van der Waals surface area contributed by atoms with Gasteiger partial charge < -0.3 is 4.57 Å². The largest absolute Gasteiger partial charge is 0.356 e. The van der Waals surface area contributed by atoms with E-state index in [9.17, 15) is 0 Å². The lowest BCUT2D eigenvalue weighted by molar-refractivity contribution is 0.322. The van der Waals surface area contributed by atoms with Gasteiger partial charge in [0.05, 0.1) is 6.57 Å². The summed E-state index contributed by atoms with van der Waals surface area (Å²) < 4.78 is 3.31. The normalized spacial score (nSPS) is 16.0. The van der Waals surface area contributed by atoms with Crippen LogP contribution in [-0.4, -0.2) is 4.57 Å². The molecule has 0 atom stereocenters. The van der Waals surface area contributed by atoms with Crippen molar-refractivity contribution in [3.8, 4) is 0 Å². The average Bonchev–Trinajstić information content (AvgIpc) is 2.54. The molecule has 2 aromatic rings. The molecule has 2 nitrogen and oxygen atoms in total. The standard InChI is InChI=1S/C13H11BrN2/c1-15-12-8-16(10-3-2-4-10)13-6-5-9(14)7-11(12)13/h5-8,10H,2-4H2. The van der Waals surface area contributed by atoms with E-state index in [1.165, 1.54) is 24.8 Å². The van der Waals surface area contributed by atoms with E-state index in [4.69, 9.17) is 6.57 Å². The lowest BCUT2D eigenvalue weighted by Crippen LogP contribution is -2.15. The van der Waals surface area contributed by atoms with Crippen LogP contribution in [0.4, 0.5) is 5.69 Å². The second-order valence-electron chi connectivity index (χ2n) is 4.28. The summed E-state index contributed by atoms with van der Waals surface area (Å²) in [6.07, 6.45) is 5.82. The first-order valence-electron chi connectivity index (χ1n) is 5.47. The molecule has 80 valence electrons. The van der Waals surface area contributed by atoms with Gasteiger partial charge in [-0.1, -0.05) is 15.9 Å². The summed E-state index contributed by atoms with van der Waals surface area (Å²) in [5.41, 5.74) is 1.96. The first-order chi connectivity index (χ1) is 7.79. The fourth-order valence-corrected chi connectivity index (χ4v) is 2.63. The summed E-state index contributed by atoms with van der Waals surface area (Å²) in [5.74, 6) is 0. The van der Waals surface area contributed by atoms with Crippen molar-refractivity contribution in [1.29, 1.82) is 0 Å². The number of nitrogens with zero attached hydrogens (tertiary/aromatic N) is 2. The van der Waals surface area contributed by atoms with Crippen molar-refractivity contribution in [3.05, 3.63) is 40.3 Å². The number of benzene rings is 1. The van der Waals surface area contributed by atoms with E-state index < -0.39 is 0 Å². The van der Waals surface area contributed by atoms with Crippen LogP contribution in [0.1, 0.15) is 25.3 Å². The zero-order valence-electron chi connectivity index (χ0n) is 8.78. The zero-order valence-corrected chi connectivity index (χ0v) is 10.4. The SMILES string of the molecule is [C-]#[N+]c1cn(C2CCC2)c2ccc(Br)cc12. The molecule has 0 N–H and O–H groups in total. The van der Waals surface area contributed by atoms with Crippen LogP contribution in [0.5, 0.6) is 0 Å². The summed E-state index contributed by atoms with van der Waals surface area (Å²) in [5, 5.41) is 1.07. The van der Waals surface area contributed by atoms with Gasteiger partial charge in [0.15, 0.2) is 0 Å². The van der Waals surface area contributed by atoms with E-state index in [1.54, 1.807) is 0 Å². The van der Waals surface area contributed by atoms with E-state index in [1.807, 2.05) is 18.3 Å². The second kappa shape index (κ2) is 3.64. The maximum Gasteiger partial charge on any atom is 0.212 e. The molecule has 1 aliphatic rings. The number of aromatic nitrogens is 1. The Morgan fingerprint density at radius 1 is 1.38 bits per heavy atom. The molecule has 0 aliphatic heterocycles. The van der Waals surface area contributed by atoms with Crippen molar-refractivity contribution >= 4 is 32.5 Å². The molecule has 1 fully saturated rings. The number of rotatable bonds is 1. The topological polar surface area (TPSA) is 9.29 Å². The van der Waals surface area contributed by atoms with Gasteiger partial charge >= 0.3 is 0 Å². The smallest absolute Gasteiger partial charge is 0.212 e. The molecule has 1 saturated carbocycles. The van der Waals surface area contributed by atoms with Crippen LogP contribution in [0, 0.1) is 6.57 Å². The van der Waals surface area contributed by atoms with Crippen molar-refractivity contribution < 1.29 is 0 Å². The highest BCUT2D eigenvalue weighted by Gasteiger charge is 2.21. The molecule has 0 radical (unpaired) electrons. The van der Waals surface area contributed by atoms with Gasteiger partial charge in [-0.25, -0.2) is 4.85 Å². The Labute approximate surface area is 103 Å². The Hall–Kier alpha value is -1.27. The molecule has 0 unspecified atom stereocenters. The summed E-state index contributed by atoms with van der Waals surface area (Å²) in [6, 6.07) is 6.80. The van der Waals surface area contributed by atoms with Crippen LogP contribution in [0.2, 0.25) is 0 Å². The van der Waals surface area contributed by atoms with Crippen molar-refractivity contribution in [1.82, 2.24) is 4.57 Å². The van der Waals surface area contributed by atoms with E-state index in [-0.39, 0.29) is 0 Å². The minimum absolute atomic E-state index is 0.610. The van der Waals surface area contributed by atoms with Gasteiger partial charge in [-0.05, 0) is 37.5 Å². The summed E-state index contributed by atoms with van der Waals surface area (Å²) >= 11 is 3.46. The molecule has 1 aromatic heterocycles. The molecule has 1 heterocycles. The summed E-state index contributed by atoms with van der Waals surface area (Å²) in [4.78, 5) is 3.61. The quantitative estimate of drug-likeness (QED) is 0.668. The van der Waals surface area contributed by atoms with Gasteiger partial charge in [0.25, 0.3) is 0 Å². The van der Waals surface area contributed by atoms with Gasteiger partial charge in [0.1, 0.15) is 0 Å². The van der Waals surface area contributed by atoms with E-state index in [2.05, 4.69) is 31.4 Å². The van der Waals surface area contributed by atoms with Crippen molar-refractivity contribution in [2.75, 3.05) is 0 Å². The van der Waals surface area contributed by atoms with E-state index >= 15 is 0 Å². The number of hydrogen-bond acceptors (Lipinski definition) is 0. The Kier molecular flexibility index (Phi) is 2.26. The third-order valence-electron chi connectivity index (χ3n) is 3.36. The fourth-order valence-electron chi connectivity index (χ4n) is 2.27. The maximum atomic E-state index is 7.22. The third kappa shape index (κ3) is 1.37. The van der Waals surface area contributed by atoms with Crippen LogP contribution in [0.3, 0.4) is 0 Å². The maximum absolute atomic E-state index is 7.22. The summed E-state index contributed by atoms with van der Waals surface area (Å²) in [6.45, 7) is 7.22. The number of hydrogen-bond donors (Lipinski definition) is 0. The molecular formula is C13H11BrN2. The Balaban J connectivity index is 2.26. The van der Waals surface area contributed by atoms with Crippen LogP contribution in [0.25, 0.3) is 15.7 Å². The van der Waals surface area contributed by atoms with Gasteiger partial charge in [-0.15, -0.1) is 0 Å². The van der Waals surface area contributed by atoms with Gasteiger partial charge in [-0.3, -0.25) is 0 Å². The minimum Gasteiger partial charge on any atom is -0.356 e. The zero-order chi connectivity index (χ0) is 11.1. The molecular weight excluding hydrogens is 264 g/mol. The van der Waals surface area contributed by atoms with E-state index in [0.717, 1.165) is 15.5 Å². The van der Waals surface area contributed by atoms with Gasteiger partial charge in [0, 0.05) is 27.6 Å². The van der Waals surface area contributed by atoms with Crippen molar-refractivity contribution in [2.24, 2.45) is 0 Å². The molecule has 3 heteroatoms. The molecule has 1 aromatic carbocycles. The van der Waals surface area contributed by atoms with Crippen molar-refractivity contribution in [2.45, 2.75) is 25.3 Å². The first kappa shape index (κ1) is 9.92. The highest BCUT2D eigenvalue weighted by Crippen LogP contribution is 2.39. The molecule has 16 heavy (non-hydrogen) atoms. The molecule has 0 spiro atoms. The van der Waals surface area contributed by atoms with Crippen LogP contribution < -0.4 is 0 Å². The molecule has 0 amide bonds. The fraction of sp³-hybridized carbons (Fsp3) is 0.308. The number of fused-ring (bicyclic) bond motifs is 1. The molecule has 3 rings (SSSR count). The van der Waals surface area contributed by atoms with Gasteiger partial charge in [0.2, 0.25) is 5.69 Å².